The van der Waals surface area contributed by atoms with E-state index in [4.69, 9.17) is 4.74 Å². The topological polar surface area (TPSA) is 26.3 Å². The van der Waals surface area contributed by atoms with Crippen LogP contribution in [0.25, 0.3) is 0 Å². The minimum Gasteiger partial charge on any atom is -0.494 e. The summed E-state index contributed by atoms with van der Waals surface area (Å²) in [5.41, 5.74) is 2.40. The summed E-state index contributed by atoms with van der Waals surface area (Å²) < 4.78 is 5.66. The minimum atomic E-state index is 0.0585. The van der Waals surface area contributed by atoms with Gasteiger partial charge in [-0.3, -0.25) is 4.79 Å². The van der Waals surface area contributed by atoms with Gasteiger partial charge in [-0.2, -0.15) is 0 Å². The quantitative estimate of drug-likeness (QED) is 0.573. The van der Waals surface area contributed by atoms with Crippen LogP contribution in [0.15, 0.2) is 48.5 Å². The number of unbranched alkanes of at least 4 members (excludes halogenated alkanes) is 1. The number of aryl methyl sites for hydroxylation is 1. The molecule has 0 aliphatic rings. The molecule has 0 saturated heterocycles. The Hall–Kier alpha value is -2.09. The first-order valence-corrected chi connectivity index (χ1v) is 7.05. The fraction of sp³-hybridized carbons (Fsp3) is 0.278. The zero-order chi connectivity index (χ0) is 14.4. The van der Waals surface area contributed by atoms with Crippen LogP contribution in [0.5, 0.6) is 5.75 Å². The van der Waals surface area contributed by atoms with Crippen molar-refractivity contribution in [2.45, 2.75) is 26.7 Å². The fourth-order valence-electron chi connectivity index (χ4n) is 2.06. The molecule has 0 fully saturated rings. The van der Waals surface area contributed by atoms with E-state index in [1.54, 1.807) is 0 Å². The van der Waals surface area contributed by atoms with Gasteiger partial charge in [0, 0.05) is 11.1 Å². The van der Waals surface area contributed by atoms with Crippen molar-refractivity contribution >= 4 is 5.78 Å². The van der Waals surface area contributed by atoms with Gasteiger partial charge in [-0.15, -0.1) is 0 Å². The largest absolute Gasteiger partial charge is 0.494 e. The van der Waals surface area contributed by atoms with Gasteiger partial charge in [0.05, 0.1) is 6.61 Å². The highest BCUT2D eigenvalue weighted by atomic mass is 16.5. The minimum absolute atomic E-state index is 0.0585. The molecule has 0 atom stereocenters. The van der Waals surface area contributed by atoms with Crippen LogP contribution in [0.1, 0.15) is 41.3 Å². The van der Waals surface area contributed by atoms with Gasteiger partial charge in [0.2, 0.25) is 0 Å². The van der Waals surface area contributed by atoms with Crippen molar-refractivity contribution < 1.29 is 9.53 Å². The third-order valence-corrected chi connectivity index (χ3v) is 3.25. The third-order valence-electron chi connectivity index (χ3n) is 3.25. The molecule has 0 aliphatic heterocycles. The van der Waals surface area contributed by atoms with Gasteiger partial charge in [-0.05, 0) is 37.1 Å². The summed E-state index contributed by atoms with van der Waals surface area (Å²) in [5.74, 6) is 0.892. The standard InChI is InChI=1S/C18H20O2/c1-3-4-12-20-16-10-11-17(14(2)13-16)18(19)15-8-6-5-7-9-15/h5-11,13H,3-4,12H2,1-2H3. The first-order valence-electron chi connectivity index (χ1n) is 7.05. The molecule has 0 N–H and O–H groups in total. The average Bonchev–Trinajstić information content (AvgIpc) is 2.48. The van der Waals surface area contributed by atoms with E-state index >= 15 is 0 Å². The summed E-state index contributed by atoms with van der Waals surface area (Å²) in [7, 11) is 0. The molecule has 2 aromatic rings. The van der Waals surface area contributed by atoms with Crippen LogP contribution in [0, 0.1) is 6.92 Å². The SMILES string of the molecule is CCCCOc1ccc(C(=O)c2ccccc2)c(C)c1. The highest BCUT2D eigenvalue weighted by Crippen LogP contribution is 2.20. The summed E-state index contributed by atoms with van der Waals surface area (Å²) >= 11 is 0. The molecule has 0 heterocycles. The molecule has 2 heteroatoms. The van der Waals surface area contributed by atoms with E-state index in [2.05, 4.69) is 6.92 Å². The lowest BCUT2D eigenvalue weighted by Crippen LogP contribution is -2.04. The van der Waals surface area contributed by atoms with E-state index in [0.29, 0.717) is 0 Å². The second kappa shape index (κ2) is 6.90. The van der Waals surface area contributed by atoms with Gasteiger partial charge in [0.1, 0.15) is 5.75 Å². The summed E-state index contributed by atoms with van der Waals surface area (Å²) in [4.78, 5) is 12.4. The maximum Gasteiger partial charge on any atom is 0.193 e. The Bertz CT molecular complexity index is 573. The number of ether oxygens (including phenoxy) is 1. The summed E-state index contributed by atoms with van der Waals surface area (Å²) in [6.45, 7) is 4.81. The van der Waals surface area contributed by atoms with Crippen LogP contribution in [-0.4, -0.2) is 12.4 Å². The van der Waals surface area contributed by atoms with Crippen molar-refractivity contribution in [3.63, 3.8) is 0 Å². The molecule has 20 heavy (non-hydrogen) atoms. The molecule has 2 rings (SSSR count). The maximum atomic E-state index is 12.4. The Morgan fingerprint density at radius 1 is 1.10 bits per heavy atom. The lowest BCUT2D eigenvalue weighted by atomic mass is 9.99. The normalized spacial score (nSPS) is 10.3. The summed E-state index contributed by atoms with van der Waals surface area (Å²) in [5, 5.41) is 0. The van der Waals surface area contributed by atoms with Crippen LogP contribution in [0.3, 0.4) is 0 Å². The lowest BCUT2D eigenvalue weighted by Gasteiger charge is -2.09. The molecule has 0 radical (unpaired) electrons. The van der Waals surface area contributed by atoms with E-state index in [-0.39, 0.29) is 5.78 Å². The Labute approximate surface area is 120 Å². The van der Waals surface area contributed by atoms with Crippen molar-refractivity contribution in [3.05, 3.63) is 65.2 Å². The molecular weight excluding hydrogens is 248 g/mol. The van der Waals surface area contributed by atoms with Crippen LogP contribution < -0.4 is 4.74 Å². The number of hydrogen-bond donors (Lipinski definition) is 0. The number of benzene rings is 2. The van der Waals surface area contributed by atoms with Gasteiger partial charge in [0.15, 0.2) is 5.78 Å². The van der Waals surface area contributed by atoms with Crippen molar-refractivity contribution in [1.82, 2.24) is 0 Å². The zero-order valence-corrected chi connectivity index (χ0v) is 12.1. The van der Waals surface area contributed by atoms with E-state index < -0.39 is 0 Å². The van der Waals surface area contributed by atoms with Crippen molar-refractivity contribution in [2.24, 2.45) is 0 Å². The number of rotatable bonds is 6. The number of carbonyl (C=O) groups is 1. The maximum absolute atomic E-state index is 12.4. The summed E-state index contributed by atoms with van der Waals surface area (Å²) in [6.07, 6.45) is 2.16. The zero-order valence-electron chi connectivity index (χ0n) is 12.1. The molecule has 0 unspecified atom stereocenters. The van der Waals surface area contributed by atoms with Crippen LogP contribution in [0.4, 0.5) is 0 Å². The molecule has 0 bridgehead atoms. The molecule has 0 amide bonds. The van der Waals surface area contributed by atoms with E-state index in [1.165, 1.54) is 0 Å². The van der Waals surface area contributed by atoms with Crippen LogP contribution in [0.2, 0.25) is 0 Å². The van der Waals surface area contributed by atoms with Gasteiger partial charge in [0.25, 0.3) is 0 Å². The first kappa shape index (κ1) is 14.3. The van der Waals surface area contributed by atoms with Crippen molar-refractivity contribution in [2.75, 3.05) is 6.61 Å². The second-order valence-corrected chi connectivity index (χ2v) is 4.87. The number of hydrogen-bond acceptors (Lipinski definition) is 2. The Morgan fingerprint density at radius 2 is 1.85 bits per heavy atom. The molecular formula is C18H20O2. The summed E-state index contributed by atoms with van der Waals surface area (Å²) in [6, 6.07) is 15.0. The highest BCUT2D eigenvalue weighted by molar-refractivity contribution is 6.09. The van der Waals surface area contributed by atoms with Gasteiger partial charge >= 0.3 is 0 Å². The first-order chi connectivity index (χ1) is 9.72. The van der Waals surface area contributed by atoms with E-state index in [9.17, 15) is 4.79 Å². The Kier molecular flexibility index (Phi) is 4.94. The molecule has 0 spiro atoms. The molecule has 104 valence electrons. The molecule has 0 saturated carbocycles. The molecule has 0 aliphatic carbocycles. The highest BCUT2D eigenvalue weighted by Gasteiger charge is 2.11. The second-order valence-electron chi connectivity index (χ2n) is 4.87. The Morgan fingerprint density at radius 3 is 2.50 bits per heavy atom. The molecule has 2 aromatic carbocycles. The van der Waals surface area contributed by atoms with Crippen molar-refractivity contribution in [1.29, 1.82) is 0 Å². The number of carbonyl (C=O) groups excluding carboxylic acids is 1. The van der Waals surface area contributed by atoms with Gasteiger partial charge < -0.3 is 4.74 Å². The number of ketones is 1. The van der Waals surface area contributed by atoms with Gasteiger partial charge in [-0.1, -0.05) is 43.7 Å². The lowest BCUT2D eigenvalue weighted by molar-refractivity contribution is 0.103. The van der Waals surface area contributed by atoms with Crippen LogP contribution >= 0.6 is 0 Å². The fourth-order valence-corrected chi connectivity index (χ4v) is 2.06. The smallest absolute Gasteiger partial charge is 0.193 e. The molecule has 2 nitrogen and oxygen atoms in total. The predicted molar refractivity (Wildman–Crippen MR) is 81.5 cm³/mol. The van der Waals surface area contributed by atoms with Gasteiger partial charge in [-0.25, -0.2) is 0 Å². The monoisotopic (exact) mass is 268 g/mol. The molecule has 0 aromatic heterocycles. The van der Waals surface area contributed by atoms with E-state index in [1.807, 2.05) is 55.5 Å². The third kappa shape index (κ3) is 3.47. The van der Waals surface area contributed by atoms with E-state index in [0.717, 1.165) is 41.9 Å². The Balaban J connectivity index is 2.15. The average molecular weight is 268 g/mol. The van der Waals surface area contributed by atoms with Crippen molar-refractivity contribution in [3.8, 4) is 5.75 Å². The van der Waals surface area contributed by atoms with Crippen LogP contribution in [-0.2, 0) is 0 Å². The predicted octanol–water partition coefficient (Wildman–Crippen LogP) is 4.40.